The van der Waals surface area contributed by atoms with Crippen LogP contribution in [-0.2, 0) is 4.79 Å². The van der Waals surface area contributed by atoms with Crippen molar-refractivity contribution in [2.75, 3.05) is 0 Å². The first-order chi connectivity index (χ1) is 19.3. The molecule has 1 aliphatic rings. The zero-order valence-corrected chi connectivity index (χ0v) is 24.0. The lowest BCUT2D eigenvalue weighted by molar-refractivity contribution is -0.137. The Kier molecular flexibility index (Phi) is 8.44. The molecule has 1 saturated heterocycles. The Morgan fingerprint density at radius 1 is 1.22 bits per heavy atom. The minimum atomic E-state index is -0.986. The normalized spacial score (nSPS) is 17.6. The Morgan fingerprint density at radius 2 is 1.95 bits per heavy atom. The number of aryl methyl sites for hydroxylation is 2. The molecule has 12 heteroatoms. The molecule has 0 aliphatic carbocycles. The van der Waals surface area contributed by atoms with Gasteiger partial charge in [0.2, 0.25) is 5.91 Å². The Morgan fingerprint density at radius 3 is 2.61 bits per heavy atom. The number of H-pyrrole nitrogens is 1. The number of hydrogen-bond acceptors (Lipinski definition) is 7. The summed E-state index contributed by atoms with van der Waals surface area (Å²) in [6.07, 6.45) is 1.03. The van der Waals surface area contributed by atoms with Crippen LogP contribution in [0.2, 0.25) is 5.02 Å². The Balaban J connectivity index is 1.55. The van der Waals surface area contributed by atoms with Gasteiger partial charge in [-0.2, -0.15) is 10.4 Å². The molecule has 0 spiro atoms. The van der Waals surface area contributed by atoms with Gasteiger partial charge in [-0.15, -0.1) is 0 Å². The van der Waals surface area contributed by atoms with E-state index >= 15 is 0 Å². The molecule has 0 bridgehead atoms. The predicted octanol–water partition coefficient (Wildman–Crippen LogP) is 4.77. The van der Waals surface area contributed by atoms with Gasteiger partial charge < -0.3 is 15.0 Å². The molecule has 4 rings (SSSR count). The van der Waals surface area contributed by atoms with E-state index in [4.69, 9.17) is 16.3 Å². The van der Waals surface area contributed by atoms with Gasteiger partial charge in [-0.05, 0) is 83.4 Å². The van der Waals surface area contributed by atoms with Crippen molar-refractivity contribution in [2.24, 2.45) is 5.41 Å². The van der Waals surface area contributed by atoms with Gasteiger partial charge in [-0.3, -0.25) is 14.4 Å². The first kappa shape index (κ1) is 29.7. The average Bonchev–Trinajstić information content (AvgIpc) is 3.37. The molecule has 0 saturated carbocycles. The second kappa shape index (κ2) is 11.7. The molecular formula is C29H30ClFN6O4. The molecule has 3 aromatic rings. The fourth-order valence-electron chi connectivity index (χ4n) is 5.01. The number of carbonyl (C=O) groups is 2. The Hall–Kier alpha value is -4.30. The summed E-state index contributed by atoms with van der Waals surface area (Å²) in [5.74, 6) is -1.23. The molecule has 1 aliphatic heterocycles. The number of aromatic amines is 1. The summed E-state index contributed by atoms with van der Waals surface area (Å²) in [5.41, 5.74) is 0.0643. The zero-order chi connectivity index (χ0) is 30.1. The van der Waals surface area contributed by atoms with Crippen molar-refractivity contribution < 1.29 is 18.7 Å². The smallest absolute Gasteiger partial charge is 0.307 e. The van der Waals surface area contributed by atoms with E-state index in [1.807, 2.05) is 0 Å². The van der Waals surface area contributed by atoms with Crippen molar-refractivity contribution >= 4 is 23.4 Å². The first-order valence-corrected chi connectivity index (χ1v) is 13.4. The van der Waals surface area contributed by atoms with E-state index in [2.05, 4.69) is 26.6 Å². The third-order valence-corrected chi connectivity index (χ3v) is 7.35. The standard InChI is InChI=1S/C29H30ClFN6O4/c1-15-10-24(27(39)36-35-15)41-23-8-6-21(33-16(23)2)26(38)34-17(3)28(40)37-22(7-9-25(37)29(4,5)14-32)18-11-19(30)13-20(31)12-18/h6,8,10-13,17,22,25H,7,9H2,1-5H3,(H,34,38)(H,36,39)/t17?,22-,25+/m0/s1. The highest BCUT2D eigenvalue weighted by Gasteiger charge is 2.46. The van der Waals surface area contributed by atoms with Crippen LogP contribution in [0.25, 0.3) is 0 Å². The van der Waals surface area contributed by atoms with Crippen molar-refractivity contribution in [2.45, 2.75) is 65.6 Å². The number of halogens is 2. The maximum absolute atomic E-state index is 14.2. The summed E-state index contributed by atoms with van der Waals surface area (Å²) in [7, 11) is 0. The quantitative estimate of drug-likeness (QED) is 0.410. The second-order valence-corrected chi connectivity index (χ2v) is 11.1. The number of hydrogen-bond donors (Lipinski definition) is 2. The molecule has 10 nitrogen and oxygen atoms in total. The molecule has 3 atom stereocenters. The van der Waals surface area contributed by atoms with E-state index in [9.17, 15) is 24.0 Å². The number of likely N-dealkylation sites (tertiary alicyclic amines) is 1. The molecular weight excluding hydrogens is 551 g/mol. The van der Waals surface area contributed by atoms with Gasteiger partial charge in [-0.25, -0.2) is 14.5 Å². The van der Waals surface area contributed by atoms with Crippen LogP contribution in [-0.4, -0.2) is 44.0 Å². The second-order valence-electron chi connectivity index (χ2n) is 10.7. The fraction of sp³-hybridized carbons (Fsp3) is 0.379. The van der Waals surface area contributed by atoms with Crippen molar-refractivity contribution in [1.82, 2.24) is 25.4 Å². The molecule has 1 fully saturated rings. The maximum atomic E-state index is 14.2. The third-order valence-electron chi connectivity index (χ3n) is 7.14. The fourth-order valence-corrected chi connectivity index (χ4v) is 5.24. The highest BCUT2D eigenvalue weighted by molar-refractivity contribution is 6.30. The van der Waals surface area contributed by atoms with E-state index in [-0.39, 0.29) is 22.2 Å². The van der Waals surface area contributed by atoms with Crippen LogP contribution in [0.3, 0.4) is 0 Å². The van der Waals surface area contributed by atoms with Crippen molar-refractivity contribution in [3.8, 4) is 17.6 Å². The summed E-state index contributed by atoms with van der Waals surface area (Å²) in [5, 5.41) is 18.9. The van der Waals surface area contributed by atoms with E-state index in [1.165, 1.54) is 30.3 Å². The van der Waals surface area contributed by atoms with E-state index < -0.39 is 46.7 Å². The van der Waals surface area contributed by atoms with Crippen LogP contribution in [0.1, 0.15) is 67.1 Å². The number of ether oxygens (including phenoxy) is 1. The van der Waals surface area contributed by atoms with Gasteiger partial charge in [0, 0.05) is 11.1 Å². The lowest BCUT2D eigenvalue weighted by atomic mass is 9.84. The van der Waals surface area contributed by atoms with Gasteiger partial charge >= 0.3 is 5.56 Å². The molecule has 3 heterocycles. The van der Waals surface area contributed by atoms with Crippen LogP contribution < -0.4 is 15.6 Å². The summed E-state index contributed by atoms with van der Waals surface area (Å²) >= 11 is 6.10. The van der Waals surface area contributed by atoms with Crippen molar-refractivity contribution in [1.29, 1.82) is 5.26 Å². The van der Waals surface area contributed by atoms with Crippen LogP contribution in [0.15, 0.2) is 41.2 Å². The number of rotatable bonds is 7. The van der Waals surface area contributed by atoms with E-state index in [0.29, 0.717) is 29.8 Å². The van der Waals surface area contributed by atoms with Gasteiger partial charge in [0.1, 0.15) is 23.3 Å². The van der Waals surface area contributed by atoms with Crippen molar-refractivity contribution in [3.63, 3.8) is 0 Å². The zero-order valence-electron chi connectivity index (χ0n) is 23.3. The summed E-state index contributed by atoms with van der Waals surface area (Å²) in [6.45, 7) is 8.37. The lowest BCUT2D eigenvalue weighted by Crippen LogP contribution is -2.52. The predicted molar refractivity (Wildman–Crippen MR) is 149 cm³/mol. The number of nitrogens with zero attached hydrogens (tertiary/aromatic N) is 4. The molecule has 2 N–H and O–H groups in total. The molecule has 0 radical (unpaired) electrons. The van der Waals surface area contributed by atoms with E-state index in [0.717, 1.165) is 0 Å². The molecule has 214 valence electrons. The SMILES string of the molecule is Cc1cc(Oc2ccc(C(=O)NC(C)C(=O)N3[C@H](c4cc(F)cc(Cl)c4)CC[C@@H]3C(C)(C)C#N)nc2C)c(=O)[nH]n1. The number of carbonyl (C=O) groups excluding carboxylic acids is 2. The minimum absolute atomic E-state index is 0.0356. The largest absolute Gasteiger partial charge is 0.450 e. The van der Waals surface area contributed by atoms with E-state index in [1.54, 1.807) is 45.6 Å². The van der Waals surface area contributed by atoms with Gasteiger partial charge in [0.15, 0.2) is 5.75 Å². The average molecular weight is 581 g/mol. The monoisotopic (exact) mass is 580 g/mol. The summed E-state index contributed by atoms with van der Waals surface area (Å²) < 4.78 is 19.9. The molecule has 1 aromatic carbocycles. The highest BCUT2D eigenvalue weighted by Crippen LogP contribution is 2.44. The lowest BCUT2D eigenvalue weighted by Gasteiger charge is -2.38. The van der Waals surface area contributed by atoms with Gasteiger partial charge in [0.25, 0.3) is 5.91 Å². The van der Waals surface area contributed by atoms with Crippen LogP contribution in [0.4, 0.5) is 4.39 Å². The van der Waals surface area contributed by atoms with Gasteiger partial charge in [0.05, 0.1) is 35.0 Å². The van der Waals surface area contributed by atoms with Crippen LogP contribution >= 0.6 is 11.6 Å². The molecule has 2 amide bonds. The summed E-state index contributed by atoms with van der Waals surface area (Å²) in [4.78, 5) is 44.8. The number of aromatic nitrogens is 3. The third kappa shape index (κ3) is 6.38. The molecule has 41 heavy (non-hydrogen) atoms. The maximum Gasteiger partial charge on any atom is 0.307 e. The topological polar surface area (TPSA) is 141 Å². The number of amides is 2. The first-order valence-electron chi connectivity index (χ1n) is 13.0. The highest BCUT2D eigenvalue weighted by atomic mass is 35.5. The Bertz CT molecular complexity index is 1580. The Labute approximate surface area is 241 Å². The molecule has 2 aromatic heterocycles. The molecule has 1 unspecified atom stereocenters. The van der Waals surface area contributed by atoms with Crippen LogP contribution in [0, 0.1) is 36.4 Å². The number of benzene rings is 1. The minimum Gasteiger partial charge on any atom is -0.450 e. The van der Waals surface area contributed by atoms with Gasteiger partial charge in [-0.1, -0.05) is 11.6 Å². The number of nitriles is 1. The van der Waals surface area contributed by atoms with Crippen molar-refractivity contribution in [3.05, 3.63) is 80.2 Å². The number of pyridine rings is 1. The number of nitrogens with one attached hydrogen (secondary N) is 2. The van der Waals surface area contributed by atoms with Crippen LogP contribution in [0.5, 0.6) is 11.5 Å². The summed E-state index contributed by atoms with van der Waals surface area (Å²) in [6, 6.07) is 8.84.